The SMILES string of the molecule is [CH3][Ge]([CH3])([CH3])[c]1cnc(-c2ccc(-c3ccccc3)cc2)c(F)c1. The molecule has 3 aromatic rings. The van der Waals surface area contributed by atoms with Crippen LogP contribution in [0.5, 0.6) is 0 Å². The minimum atomic E-state index is -2.05. The maximum absolute atomic E-state index is 14.5. The van der Waals surface area contributed by atoms with Crippen LogP contribution >= 0.6 is 0 Å². The molecule has 1 aromatic heterocycles. The van der Waals surface area contributed by atoms with Crippen molar-refractivity contribution in [3.05, 3.63) is 72.7 Å². The molecule has 116 valence electrons. The van der Waals surface area contributed by atoms with Gasteiger partial charge in [0.25, 0.3) is 0 Å². The Bertz CT molecular complexity index is 805. The molecule has 0 aliphatic carbocycles. The fraction of sp³-hybridized carbons (Fsp3) is 0.150. The van der Waals surface area contributed by atoms with E-state index < -0.39 is 13.3 Å². The van der Waals surface area contributed by atoms with Gasteiger partial charge in [-0.2, -0.15) is 0 Å². The zero-order valence-corrected chi connectivity index (χ0v) is 15.8. The maximum atomic E-state index is 14.5. The second-order valence-electron chi connectivity index (χ2n) is 6.75. The molecule has 0 N–H and O–H groups in total. The minimum absolute atomic E-state index is 0.226. The van der Waals surface area contributed by atoms with Crippen LogP contribution in [0.25, 0.3) is 22.4 Å². The molecule has 0 aliphatic heterocycles. The quantitative estimate of drug-likeness (QED) is 0.588. The predicted octanol–water partition coefficient (Wildman–Crippen LogP) is 5.10. The van der Waals surface area contributed by atoms with Crippen LogP contribution in [0, 0.1) is 5.82 Å². The number of nitrogens with zero attached hydrogens (tertiary/aromatic N) is 1. The summed E-state index contributed by atoms with van der Waals surface area (Å²) in [7, 11) is 0. The van der Waals surface area contributed by atoms with E-state index in [1.165, 1.54) is 0 Å². The molecule has 23 heavy (non-hydrogen) atoms. The van der Waals surface area contributed by atoms with E-state index in [1.54, 1.807) is 6.07 Å². The van der Waals surface area contributed by atoms with Crippen LogP contribution < -0.4 is 4.40 Å². The van der Waals surface area contributed by atoms with Gasteiger partial charge in [-0.1, -0.05) is 0 Å². The van der Waals surface area contributed by atoms with Gasteiger partial charge in [0, 0.05) is 0 Å². The summed E-state index contributed by atoms with van der Waals surface area (Å²) in [6.45, 7) is 0. The second kappa shape index (κ2) is 6.28. The molecule has 0 bridgehead atoms. The van der Waals surface area contributed by atoms with Gasteiger partial charge in [0.2, 0.25) is 0 Å². The zero-order valence-electron chi connectivity index (χ0n) is 13.7. The number of rotatable bonds is 3. The average Bonchev–Trinajstić information content (AvgIpc) is 2.55. The first-order valence-corrected chi connectivity index (χ1v) is 15.1. The summed E-state index contributed by atoms with van der Waals surface area (Å²) in [5.74, 6) is 6.50. The second-order valence-corrected chi connectivity index (χ2v) is 17.4. The Morgan fingerprint density at radius 2 is 1.35 bits per heavy atom. The van der Waals surface area contributed by atoms with E-state index in [4.69, 9.17) is 0 Å². The van der Waals surface area contributed by atoms with Crippen molar-refractivity contribution in [2.75, 3.05) is 0 Å². The van der Waals surface area contributed by atoms with Gasteiger partial charge in [0.15, 0.2) is 0 Å². The Kier molecular flexibility index (Phi) is 4.35. The van der Waals surface area contributed by atoms with Crippen molar-refractivity contribution in [3.8, 4) is 22.4 Å². The molecule has 0 amide bonds. The number of aromatic nitrogens is 1. The zero-order chi connectivity index (χ0) is 16.4. The molecule has 0 saturated carbocycles. The van der Waals surface area contributed by atoms with Crippen molar-refractivity contribution in [3.63, 3.8) is 0 Å². The molecule has 0 saturated heterocycles. The van der Waals surface area contributed by atoms with Crippen LogP contribution in [-0.4, -0.2) is 18.3 Å². The molecular weight excluding hydrogens is 346 g/mol. The van der Waals surface area contributed by atoms with Crippen LogP contribution in [0.3, 0.4) is 0 Å². The van der Waals surface area contributed by atoms with Crippen LogP contribution in [0.1, 0.15) is 0 Å². The molecule has 0 fully saturated rings. The third-order valence-corrected chi connectivity index (χ3v) is 8.18. The van der Waals surface area contributed by atoms with Crippen molar-refractivity contribution >= 4 is 17.7 Å². The van der Waals surface area contributed by atoms with Crippen LogP contribution in [-0.2, 0) is 0 Å². The topological polar surface area (TPSA) is 12.9 Å². The van der Waals surface area contributed by atoms with E-state index in [9.17, 15) is 4.39 Å². The molecule has 0 unspecified atom stereocenters. The van der Waals surface area contributed by atoms with E-state index in [1.807, 2.05) is 48.7 Å². The van der Waals surface area contributed by atoms with Gasteiger partial charge in [-0.05, 0) is 0 Å². The standard InChI is InChI=1S/C20H20FGeN/c1-22(2,3)18-13-19(21)20(23-14-18)17-11-9-16(10-12-17)15-7-5-4-6-8-15/h4-14H,1-3H3. The van der Waals surface area contributed by atoms with Gasteiger partial charge in [0.1, 0.15) is 0 Å². The summed E-state index contributed by atoms with van der Waals surface area (Å²) in [4.78, 5) is 4.39. The van der Waals surface area contributed by atoms with Gasteiger partial charge in [-0.15, -0.1) is 0 Å². The fourth-order valence-corrected chi connectivity index (χ4v) is 4.63. The Hall–Kier alpha value is -1.94. The molecule has 3 rings (SSSR count). The summed E-state index contributed by atoms with van der Waals surface area (Å²) >= 11 is -2.05. The molecule has 2 aromatic carbocycles. The molecule has 0 atom stereocenters. The molecule has 1 nitrogen and oxygen atoms in total. The first-order valence-electron chi connectivity index (χ1n) is 7.77. The van der Waals surface area contributed by atoms with Gasteiger partial charge in [-0.3, -0.25) is 0 Å². The fourth-order valence-electron chi connectivity index (χ4n) is 2.51. The molecule has 0 aliphatic rings. The van der Waals surface area contributed by atoms with E-state index in [2.05, 4.69) is 34.4 Å². The van der Waals surface area contributed by atoms with Gasteiger partial charge < -0.3 is 0 Å². The normalized spacial score (nSPS) is 11.5. The predicted molar refractivity (Wildman–Crippen MR) is 98.0 cm³/mol. The van der Waals surface area contributed by atoms with Crippen molar-refractivity contribution in [2.45, 2.75) is 17.3 Å². The number of benzene rings is 2. The van der Waals surface area contributed by atoms with Crippen LogP contribution in [0.15, 0.2) is 66.9 Å². The number of halogens is 1. The molecular formula is C20H20FGeN. The van der Waals surface area contributed by atoms with E-state index in [0.717, 1.165) is 21.1 Å². The first-order chi connectivity index (χ1) is 10.9. The Labute approximate surface area is 139 Å². The monoisotopic (exact) mass is 367 g/mol. The number of hydrogen-bond acceptors (Lipinski definition) is 1. The average molecular weight is 366 g/mol. The molecule has 0 radical (unpaired) electrons. The van der Waals surface area contributed by atoms with Crippen molar-refractivity contribution < 1.29 is 4.39 Å². The molecule has 0 spiro atoms. The Balaban J connectivity index is 1.94. The third kappa shape index (κ3) is 3.53. The number of pyridine rings is 1. The van der Waals surface area contributed by atoms with E-state index >= 15 is 0 Å². The van der Waals surface area contributed by atoms with Crippen LogP contribution in [0.4, 0.5) is 4.39 Å². The van der Waals surface area contributed by atoms with E-state index in [-0.39, 0.29) is 5.82 Å². The van der Waals surface area contributed by atoms with Crippen molar-refractivity contribution in [1.82, 2.24) is 4.98 Å². The summed E-state index contributed by atoms with van der Waals surface area (Å²) in [6.07, 6.45) is 1.85. The Morgan fingerprint density at radius 1 is 0.783 bits per heavy atom. The number of hydrogen-bond donors (Lipinski definition) is 0. The first kappa shape index (κ1) is 15.9. The Morgan fingerprint density at radius 3 is 1.91 bits per heavy atom. The van der Waals surface area contributed by atoms with Gasteiger partial charge in [-0.25, -0.2) is 0 Å². The summed E-state index contributed by atoms with van der Waals surface area (Å²) < 4.78 is 15.5. The van der Waals surface area contributed by atoms with Gasteiger partial charge >= 0.3 is 139 Å². The van der Waals surface area contributed by atoms with E-state index in [0.29, 0.717) is 5.69 Å². The summed E-state index contributed by atoms with van der Waals surface area (Å²) in [5.41, 5.74) is 3.52. The van der Waals surface area contributed by atoms with Crippen molar-refractivity contribution in [2.24, 2.45) is 0 Å². The molecule has 3 heteroatoms. The van der Waals surface area contributed by atoms with Crippen LogP contribution in [0.2, 0.25) is 17.3 Å². The molecule has 1 heterocycles. The van der Waals surface area contributed by atoms with Gasteiger partial charge in [0.05, 0.1) is 0 Å². The third-order valence-electron chi connectivity index (χ3n) is 3.97. The summed E-state index contributed by atoms with van der Waals surface area (Å²) in [6, 6.07) is 19.7. The summed E-state index contributed by atoms with van der Waals surface area (Å²) in [5, 5.41) is 0. The van der Waals surface area contributed by atoms with Crippen molar-refractivity contribution in [1.29, 1.82) is 0 Å².